The van der Waals surface area contributed by atoms with Gasteiger partial charge in [-0.05, 0) is 30.7 Å². The third-order valence-corrected chi connectivity index (χ3v) is 2.21. The molecule has 1 rings (SSSR count). The first-order chi connectivity index (χ1) is 9.42. The molecule has 0 aromatic heterocycles. The lowest BCUT2D eigenvalue weighted by Gasteiger charge is -2.11. The number of alkyl halides is 3. The molecule has 1 aromatic rings. The first kappa shape index (κ1) is 16.3. The highest BCUT2D eigenvalue weighted by atomic mass is 19.4. The van der Waals surface area contributed by atoms with Crippen molar-refractivity contribution in [2.45, 2.75) is 19.5 Å². The van der Waals surface area contributed by atoms with E-state index in [0.717, 1.165) is 11.1 Å². The first-order valence-electron chi connectivity index (χ1n) is 5.90. The Balaban J connectivity index is 2.50. The first-order valence-corrected chi connectivity index (χ1v) is 5.90. The summed E-state index contributed by atoms with van der Waals surface area (Å²) in [5.41, 5.74) is 1.50. The topological polar surface area (TPSA) is 38.7 Å². The molecule has 1 aromatic carbocycles. The fraction of sp³-hybridized carbons (Fsp3) is 0.429. The zero-order valence-electron chi connectivity index (χ0n) is 11.0. The van der Waals surface area contributed by atoms with E-state index in [-0.39, 0.29) is 6.61 Å². The summed E-state index contributed by atoms with van der Waals surface area (Å²) < 4.78 is 45.0. The predicted octanol–water partition coefficient (Wildman–Crippen LogP) is 2.64. The van der Waals surface area contributed by atoms with Crippen molar-refractivity contribution in [2.75, 3.05) is 20.0 Å². The van der Waals surface area contributed by atoms with Crippen molar-refractivity contribution in [3.63, 3.8) is 0 Å². The van der Waals surface area contributed by atoms with Crippen LogP contribution in [0.25, 0.3) is 0 Å². The van der Waals surface area contributed by atoms with Gasteiger partial charge in [-0.15, -0.1) is 0 Å². The van der Waals surface area contributed by atoms with Crippen molar-refractivity contribution < 1.29 is 27.8 Å². The molecule has 3 nitrogen and oxygen atoms in total. The Kier molecular flexibility index (Phi) is 6.36. The van der Waals surface area contributed by atoms with Crippen LogP contribution in [-0.4, -0.2) is 31.3 Å². The number of aliphatic hydroxyl groups excluding tert-OH is 1. The molecule has 0 atom stereocenters. The largest absolute Gasteiger partial charge is 0.467 e. The van der Waals surface area contributed by atoms with Gasteiger partial charge in [-0.2, -0.15) is 13.2 Å². The van der Waals surface area contributed by atoms with Crippen molar-refractivity contribution >= 4 is 0 Å². The fourth-order valence-corrected chi connectivity index (χ4v) is 1.37. The van der Waals surface area contributed by atoms with Gasteiger partial charge in [0.1, 0.15) is 12.4 Å². The minimum absolute atomic E-state index is 0.00369. The van der Waals surface area contributed by atoms with Crippen molar-refractivity contribution in [2.24, 2.45) is 0 Å². The van der Waals surface area contributed by atoms with E-state index in [1.807, 2.05) is 0 Å². The Morgan fingerprint density at radius 2 is 2.05 bits per heavy atom. The molecule has 110 valence electrons. The van der Waals surface area contributed by atoms with Gasteiger partial charge in [0.05, 0.1) is 6.61 Å². The summed E-state index contributed by atoms with van der Waals surface area (Å²) in [6.45, 7) is -0.0350. The van der Waals surface area contributed by atoms with Crippen LogP contribution >= 0.6 is 0 Å². The Bertz CT molecular complexity index is 487. The zero-order chi connectivity index (χ0) is 15.0. The summed E-state index contributed by atoms with van der Waals surface area (Å²) in [6.07, 6.45) is -3.97. The minimum atomic E-state index is -4.36. The molecule has 0 radical (unpaired) electrons. The normalized spacial score (nSPS) is 10.8. The number of hydrogen-bond donors (Lipinski definition) is 1. The van der Waals surface area contributed by atoms with E-state index in [1.54, 1.807) is 25.1 Å². The number of aliphatic hydroxyl groups is 1. The number of rotatable bonds is 5. The van der Waals surface area contributed by atoms with E-state index >= 15 is 0 Å². The van der Waals surface area contributed by atoms with Crippen LogP contribution in [0.4, 0.5) is 13.2 Å². The van der Waals surface area contributed by atoms with Crippen LogP contribution in [0.2, 0.25) is 0 Å². The molecule has 0 aliphatic carbocycles. The zero-order valence-corrected chi connectivity index (χ0v) is 11.0. The molecule has 0 saturated heterocycles. The number of benzene rings is 1. The molecule has 0 aliphatic rings. The molecule has 0 spiro atoms. The van der Waals surface area contributed by atoms with Gasteiger partial charge < -0.3 is 14.6 Å². The highest BCUT2D eigenvalue weighted by Crippen LogP contribution is 2.19. The number of halogens is 3. The highest BCUT2D eigenvalue weighted by molar-refractivity contribution is 5.43. The molecule has 0 fully saturated rings. The Labute approximate surface area is 115 Å². The summed E-state index contributed by atoms with van der Waals surface area (Å²) in [5, 5.41) is 8.60. The summed E-state index contributed by atoms with van der Waals surface area (Å²) in [5.74, 6) is 6.08. The number of aryl methyl sites for hydroxylation is 1. The second kappa shape index (κ2) is 7.78. The molecule has 0 heterocycles. The lowest BCUT2D eigenvalue weighted by Crippen LogP contribution is -2.19. The standard InChI is InChI=1S/C14H15F3O3/c1-11-8-12(4-2-3-7-18)5-6-13(11)20-10-19-9-14(15,16)17/h5-6,8,18H,3,7,9-10H2,1H3. The van der Waals surface area contributed by atoms with Gasteiger partial charge in [0.2, 0.25) is 0 Å². The second-order valence-electron chi connectivity index (χ2n) is 3.98. The van der Waals surface area contributed by atoms with Gasteiger partial charge in [-0.3, -0.25) is 0 Å². The maximum atomic E-state index is 11.8. The summed E-state index contributed by atoms with van der Waals surface area (Å²) in [4.78, 5) is 0. The Morgan fingerprint density at radius 3 is 2.65 bits per heavy atom. The minimum Gasteiger partial charge on any atom is -0.467 e. The van der Waals surface area contributed by atoms with Gasteiger partial charge in [-0.25, -0.2) is 0 Å². The number of hydrogen-bond acceptors (Lipinski definition) is 3. The molecule has 6 heteroatoms. The molecular weight excluding hydrogens is 273 g/mol. The smallest absolute Gasteiger partial charge is 0.411 e. The maximum absolute atomic E-state index is 11.8. The lowest BCUT2D eigenvalue weighted by molar-refractivity contribution is -0.186. The molecule has 0 amide bonds. The van der Waals surface area contributed by atoms with Crippen LogP contribution in [0.5, 0.6) is 5.75 Å². The van der Waals surface area contributed by atoms with Crippen LogP contribution in [0, 0.1) is 18.8 Å². The molecule has 1 N–H and O–H groups in total. The third-order valence-electron chi connectivity index (χ3n) is 2.21. The van der Waals surface area contributed by atoms with E-state index in [1.165, 1.54) is 0 Å². The molecule has 0 unspecified atom stereocenters. The lowest BCUT2D eigenvalue weighted by atomic mass is 10.1. The van der Waals surface area contributed by atoms with Crippen LogP contribution in [0.3, 0.4) is 0 Å². The van der Waals surface area contributed by atoms with Gasteiger partial charge in [0, 0.05) is 12.0 Å². The SMILES string of the molecule is Cc1cc(C#CCCO)ccc1OCOCC(F)(F)F. The van der Waals surface area contributed by atoms with Crippen molar-refractivity contribution in [1.82, 2.24) is 0 Å². The summed E-state index contributed by atoms with van der Waals surface area (Å²) in [7, 11) is 0. The van der Waals surface area contributed by atoms with E-state index in [4.69, 9.17) is 9.84 Å². The fourth-order valence-electron chi connectivity index (χ4n) is 1.37. The Hall–Kier alpha value is -1.71. The molecular formula is C14H15F3O3. The van der Waals surface area contributed by atoms with E-state index < -0.39 is 19.6 Å². The Morgan fingerprint density at radius 1 is 1.30 bits per heavy atom. The molecule has 0 saturated carbocycles. The van der Waals surface area contributed by atoms with Crippen LogP contribution in [0.15, 0.2) is 18.2 Å². The van der Waals surface area contributed by atoms with Crippen molar-refractivity contribution in [3.8, 4) is 17.6 Å². The van der Waals surface area contributed by atoms with Gasteiger partial charge in [-0.1, -0.05) is 11.8 Å². The third kappa shape index (κ3) is 6.45. The van der Waals surface area contributed by atoms with Gasteiger partial charge in [0.15, 0.2) is 6.79 Å². The molecule has 20 heavy (non-hydrogen) atoms. The van der Waals surface area contributed by atoms with Gasteiger partial charge in [0.25, 0.3) is 0 Å². The quantitative estimate of drug-likeness (QED) is 0.514. The predicted molar refractivity (Wildman–Crippen MR) is 67.3 cm³/mol. The van der Waals surface area contributed by atoms with Gasteiger partial charge >= 0.3 is 6.18 Å². The van der Waals surface area contributed by atoms with Crippen molar-refractivity contribution in [1.29, 1.82) is 0 Å². The number of ether oxygens (including phenoxy) is 2. The van der Waals surface area contributed by atoms with Crippen LogP contribution in [0.1, 0.15) is 17.5 Å². The highest BCUT2D eigenvalue weighted by Gasteiger charge is 2.27. The second-order valence-corrected chi connectivity index (χ2v) is 3.98. The van der Waals surface area contributed by atoms with E-state index in [0.29, 0.717) is 12.2 Å². The molecule has 0 bridgehead atoms. The van der Waals surface area contributed by atoms with Crippen LogP contribution < -0.4 is 4.74 Å². The van der Waals surface area contributed by atoms with E-state index in [2.05, 4.69) is 16.6 Å². The monoisotopic (exact) mass is 288 g/mol. The van der Waals surface area contributed by atoms with Crippen molar-refractivity contribution in [3.05, 3.63) is 29.3 Å². The average Bonchev–Trinajstić information content (AvgIpc) is 2.36. The summed E-state index contributed by atoms with van der Waals surface area (Å²) >= 11 is 0. The summed E-state index contributed by atoms with van der Waals surface area (Å²) in [6, 6.07) is 5.06. The van der Waals surface area contributed by atoms with Crippen LogP contribution in [-0.2, 0) is 4.74 Å². The van der Waals surface area contributed by atoms with E-state index in [9.17, 15) is 13.2 Å². The maximum Gasteiger partial charge on any atom is 0.411 e. The molecule has 0 aliphatic heterocycles. The average molecular weight is 288 g/mol.